The molecule has 10 nitrogen and oxygen atoms in total. The summed E-state index contributed by atoms with van der Waals surface area (Å²) < 4.78 is 7.34. The van der Waals surface area contributed by atoms with Crippen molar-refractivity contribution in [1.29, 1.82) is 0 Å². The highest BCUT2D eigenvalue weighted by Gasteiger charge is 2.25. The first kappa shape index (κ1) is 18.7. The fraction of sp³-hybridized carbons (Fsp3) is 0.263. The molecule has 3 heterocycles. The van der Waals surface area contributed by atoms with E-state index in [1.165, 1.54) is 29.1 Å². The Morgan fingerprint density at radius 3 is 2.69 bits per heavy atom. The van der Waals surface area contributed by atoms with E-state index in [-0.39, 0.29) is 17.4 Å². The third-order valence-electron chi connectivity index (χ3n) is 4.78. The third-order valence-corrected chi connectivity index (χ3v) is 4.78. The van der Waals surface area contributed by atoms with Crippen molar-refractivity contribution in [3.8, 4) is 11.4 Å². The van der Waals surface area contributed by atoms with Gasteiger partial charge in [-0.3, -0.25) is 19.5 Å². The average Bonchev–Trinajstić information content (AvgIpc) is 2.76. The molecular weight excluding hydrogens is 376 g/mol. The Morgan fingerprint density at radius 2 is 2.00 bits per heavy atom. The second-order valence-corrected chi connectivity index (χ2v) is 6.59. The predicted octanol–water partition coefficient (Wildman–Crippen LogP) is 1.72. The van der Waals surface area contributed by atoms with Gasteiger partial charge >= 0.3 is 0 Å². The van der Waals surface area contributed by atoms with Gasteiger partial charge in [-0.25, -0.2) is 15.0 Å². The summed E-state index contributed by atoms with van der Waals surface area (Å²) in [5, 5.41) is 10.9. The second-order valence-electron chi connectivity index (χ2n) is 6.59. The number of aromatic nitrogens is 4. The highest BCUT2D eigenvalue weighted by atomic mass is 16.6. The molecule has 0 amide bonds. The molecule has 1 atom stereocenters. The monoisotopic (exact) mass is 394 g/mol. The summed E-state index contributed by atoms with van der Waals surface area (Å²) in [7, 11) is 1.67. The fourth-order valence-corrected chi connectivity index (χ4v) is 3.23. The lowest BCUT2D eigenvalue weighted by atomic mass is 10.1. The maximum absolute atomic E-state index is 12.5. The summed E-state index contributed by atoms with van der Waals surface area (Å²) in [5.41, 5.74) is 1.71. The Morgan fingerprint density at radius 1 is 1.21 bits per heavy atom. The Labute approximate surface area is 165 Å². The molecule has 0 aliphatic carbocycles. The molecule has 29 heavy (non-hydrogen) atoms. The van der Waals surface area contributed by atoms with E-state index in [1.807, 2.05) is 4.90 Å². The van der Waals surface area contributed by atoms with Crippen LogP contribution in [0.3, 0.4) is 0 Å². The predicted molar refractivity (Wildman–Crippen MR) is 105 cm³/mol. The van der Waals surface area contributed by atoms with Crippen LogP contribution in [0.25, 0.3) is 11.4 Å². The zero-order chi connectivity index (χ0) is 20.4. The van der Waals surface area contributed by atoms with Crippen LogP contribution in [-0.4, -0.2) is 44.1 Å². The van der Waals surface area contributed by atoms with E-state index in [9.17, 15) is 14.9 Å². The van der Waals surface area contributed by atoms with Gasteiger partial charge in [-0.1, -0.05) is 0 Å². The molecule has 4 rings (SSSR count). The number of nitrogens with zero attached hydrogens (tertiary/aromatic N) is 6. The molecule has 0 N–H and O–H groups in total. The first-order valence-corrected chi connectivity index (χ1v) is 8.98. The van der Waals surface area contributed by atoms with Crippen molar-refractivity contribution in [3.63, 3.8) is 0 Å². The van der Waals surface area contributed by atoms with Crippen molar-refractivity contribution in [2.45, 2.75) is 6.10 Å². The molecule has 1 aliphatic heterocycles. The van der Waals surface area contributed by atoms with Crippen LogP contribution in [-0.2, 0) is 11.8 Å². The lowest BCUT2D eigenvalue weighted by Gasteiger charge is -2.34. The molecule has 0 spiro atoms. The van der Waals surface area contributed by atoms with Crippen LogP contribution in [0.1, 0.15) is 11.7 Å². The molecule has 1 fully saturated rings. The van der Waals surface area contributed by atoms with Gasteiger partial charge in [0.1, 0.15) is 12.4 Å². The van der Waals surface area contributed by atoms with Crippen LogP contribution < -0.4 is 10.5 Å². The summed E-state index contributed by atoms with van der Waals surface area (Å²) in [6.45, 7) is 1.47. The van der Waals surface area contributed by atoms with Crippen molar-refractivity contribution in [3.05, 3.63) is 75.0 Å². The third kappa shape index (κ3) is 3.83. The van der Waals surface area contributed by atoms with Crippen LogP contribution in [0.2, 0.25) is 0 Å². The van der Waals surface area contributed by atoms with E-state index in [0.717, 1.165) is 5.56 Å². The highest BCUT2D eigenvalue weighted by molar-refractivity contribution is 5.55. The lowest BCUT2D eigenvalue weighted by molar-refractivity contribution is -0.384. The van der Waals surface area contributed by atoms with Gasteiger partial charge in [-0.15, -0.1) is 0 Å². The minimum atomic E-state index is -0.434. The first-order chi connectivity index (χ1) is 14.0. The number of nitro groups is 1. The summed E-state index contributed by atoms with van der Waals surface area (Å²) in [5.74, 6) is 0.515. The van der Waals surface area contributed by atoms with Crippen LogP contribution in [0.4, 0.5) is 11.6 Å². The van der Waals surface area contributed by atoms with E-state index in [0.29, 0.717) is 37.0 Å². The van der Waals surface area contributed by atoms with Gasteiger partial charge in [0.05, 0.1) is 29.5 Å². The Balaban J connectivity index is 1.63. The van der Waals surface area contributed by atoms with Gasteiger partial charge in [0.15, 0.2) is 0 Å². The standard InChI is InChI=1S/C19H18N6O4/c1-23-18(26)10-16(15-6-7-20-12-21-15)22-19(23)24-8-9-29-17(11-24)13-2-4-14(5-3-13)25(27)28/h2-7,10,12,17H,8-9,11H2,1H3. The normalized spacial score (nSPS) is 16.6. The number of hydrogen-bond donors (Lipinski definition) is 0. The smallest absolute Gasteiger partial charge is 0.269 e. The maximum Gasteiger partial charge on any atom is 0.269 e. The van der Waals surface area contributed by atoms with Crippen LogP contribution >= 0.6 is 0 Å². The molecule has 0 saturated carbocycles. The summed E-state index contributed by atoms with van der Waals surface area (Å²) in [6, 6.07) is 9.44. The molecular formula is C19H18N6O4. The van der Waals surface area contributed by atoms with E-state index >= 15 is 0 Å². The number of rotatable bonds is 4. The number of hydrogen-bond acceptors (Lipinski definition) is 8. The molecule has 3 aromatic rings. The summed E-state index contributed by atoms with van der Waals surface area (Å²) in [4.78, 5) is 37.6. The largest absolute Gasteiger partial charge is 0.370 e. The van der Waals surface area contributed by atoms with Crippen molar-refractivity contribution < 1.29 is 9.66 Å². The zero-order valence-corrected chi connectivity index (χ0v) is 15.6. The van der Waals surface area contributed by atoms with Crippen molar-refractivity contribution in [2.75, 3.05) is 24.6 Å². The Hall–Kier alpha value is -3.66. The van der Waals surface area contributed by atoms with Crippen molar-refractivity contribution in [1.82, 2.24) is 19.5 Å². The zero-order valence-electron chi connectivity index (χ0n) is 15.6. The van der Waals surface area contributed by atoms with Crippen molar-refractivity contribution >= 4 is 11.6 Å². The molecule has 1 aromatic carbocycles. The van der Waals surface area contributed by atoms with E-state index < -0.39 is 4.92 Å². The summed E-state index contributed by atoms with van der Waals surface area (Å²) >= 11 is 0. The van der Waals surface area contributed by atoms with Crippen LogP contribution in [0, 0.1) is 10.1 Å². The molecule has 1 saturated heterocycles. The van der Waals surface area contributed by atoms with Gasteiger partial charge in [0, 0.05) is 38.0 Å². The molecule has 10 heteroatoms. The van der Waals surface area contributed by atoms with Crippen molar-refractivity contribution in [2.24, 2.45) is 7.05 Å². The number of ether oxygens (including phenoxy) is 1. The van der Waals surface area contributed by atoms with Gasteiger partial charge in [0.25, 0.3) is 11.2 Å². The maximum atomic E-state index is 12.5. The topological polar surface area (TPSA) is 116 Å². The molecule has 0 bridgehead atoms. The highest BCUT2D eigenvalue weighted by Crippen LogP contribution is 2.27. The Kier molecular flexibility index (Phi) is 5.00. The van der Waals surface area contributed by atoms with Crippen LogP contribution in [0.15, 0.2) is 53.7 Å². The van der Waals surface area contributed by atoms with Crippen LogP contribution in [0.5, 0.6) is 0 Å². The molecule has 0 radical (unpaired) electrons. The first-order valence-electron chi connectivity index (χ1n) is 8.98. The molecule has 148 valence electrons. The Bertz CT molecular complexity index is 1080. The van der Waals surface area contributed by atoms with E-state index in [1.54, 1.807) is 31.4 Å². The molecule has 2 aromatic heterocycles. The van der Waals surface area contributed by atoms with Gasteiger partial charge < -0.3 is 9.64 Å². The number of morpholine rings is 1. The summed E-state index contributed by atoms with van der Waals surface area (Å²) in [6.07, 6.45) is 2.72. The molecule has 1 aliphatic rings. The lowest BCUT2D eigenvalue weighted by Crippen LogP contribution is -2.41. The van der Waals surface area contributed by atoms with Gasteiger partial charge in [0.2, 0.25) is 5.95 Å². The number of nitro benzene ring substituents is 1. The number of non-ortho nitro benzene ring substituents is 1. The quantitative estimate of drug-likeness (QED) is 0.485. The van der Waals surface area contributed by atoms with Gasteiger partial charge in [-0.05, 0) is 23.8 Å². The van der Waals surface area contributed by atoms with E-state index in [2.05, 4.69) is 15.0 Å². The minimum Gasteiger partial charge on any atom is -0.370 e. The molecule has 1 unspecified atom stereocenters. The minimum absolute atomic E-state index is 0.0306. The number of benzene rings is 1. The van der Waals surface area contributed by atoms with E-state index in [4.69, 9.17) is 4.74 Å². The average molecular weight is 394 g/mol. The van der Waals surface area contributed by atoms with Gasteiger partial charge in [-0.2, -0.15) is 0 Å². The fourth-order valence-electron chi connectivity index (χ4n) is 3.23. The second kappa shape index (κ2) is 7.76. The number of anilines is 1. The SMILES string of the molecule is Cn1c(N2CCOC(c3ccc([N+](=O)[O-])cc3)C2)nc(-c2ccncn2)cc1=O.